The van der Waals surface area contributed by atoms with E-state index in [4.69, 9.17) is 9.47 Å². The number of nitrogens with one attached hydrogen (secondary N) is 1. The van der Waals surface area contributed by atoms with Crippen LogP contribution in [0.4, 0.5) is 5.69 Å². The number of amides is 1. The summed E-state index contributed by atoms with van der Waals surface area (Å²) in [7, 11) is 1.95. The molecule has 2 heterocycles. The number of carbonyl (C=O) groups is 1. The smallest absolute Gasteiger partial charge is 0.234 e. The number of anilines is 1. The van der Waals surface area contributed by atoms with E-state index in [9.17, 15) is 4.79 Å². The van der Waals surface area contributed by atoms with E-state index < -0.39 is 0 Å². The van der Waals surface area contributed by atoms with E-state index in [1.54, 1.807) is 6.07 Å². The van der Waals surface area contributed by atoms with Crippen LogP contribution in [0.25, 0.3) is 11.3 Å². The second-order valence-electron chi connectivity index (χ2n) is 6.05. The van der Waals surface area contributed by atoms with Gasteiger partial charge in [0.15, 0.2) is 16.7 Å². The Bertz CT molecular complexity index is 956. The zero-order valence-corrected chi connectivity index (χ0v) is 15.7. The fourth-order valence-electron chi connectivity index (χ4n) is 2.85. The van der Waals surface area contributed by atoms with Crippen LogP contribution in [0.15, 0.2) is 59.9 Å². The Morgan fingerprint density at radius 1 is 1.15 bits per heavy atom. The Morgan fingerprint density at radius 2 is 1.93 bits per heavy atom. The molecule has 1 aliphatic rings. The molecule has 0 unspecified atom stereocenters. The standard InChI is InChI=1S/C20H19N3O3S/c1-23-16(14-5-3-2-4-6-14)12-21-20(23)27-13-19(24)22-15-7-8-17-18(11-15)26-10-9-25-17/h2-8,11-12H,9-10,13H2,1H3,(H,22,24). The van der Waals surface area contributed by atoms with Crippen molar-refractivity contribution in [3.05, 3.63) is 54.7 Å². The highest BCUT2D eigenvalue weighted by molar-refractivity contribution is 7.99. The van der Waals surface area contributed by atoms with Crippen molar-refractivity contribution in [1.29, 1.82) is 0 Å². The summed E-state index contributed by atoms with van der Waals surface area (Å²) in [6.45, 7) is 1.06. The number of thioether (sulfide) groups is 1. The number of benzene rings is 2. The maximum absolute atomic E-state index is 12.3. The highest BCUT2D eigenvalue weighted by Gasteiger charge is 2.14. The Balaban J connectivity index is 1.38. The highest BCUT2D eigenvalue weighted by Crippen LogP contribution is 2.32. The third-order valence-corrected chi connectivity index (χ3v) is 5.22. The summed E-state index contributed by atoms with van der Waals surface area (Å²) in [6, 6.07) is 15.5. The Hall–Kier alpha value is -2.93. The topological polar surface area (TPSA) is 65.4 Å². The fourth-order valence-corrected chi connectivity index (χ4v) is 3.60. The maximum atomic E-state index is 12.3. The van der Waals surface area contributed by atoms with Gasteiger partial charge in [0.1, 0.15) is 13.2 Å². The summed E-state index contributed by atoms with van der Waals surface area (Å²) in [5.74, 6) is 1.53. The van der Waals surface area contributed by atoms with Crippen LogP contribution in [-0.2, 0) is 11.8 Å². The number of rotatable bonds is 5. The lowest BCUT2D eigenvalue weighted by atomic mass is 10.2. The second-order valence-corrected chi connectivity index (χ2v) is 6.99. The molecule has 0 radical (unpaired) electrons. The zero-order chi connectivity index (χ0) is 18.6. The van der Waals surface area contributed by atoms with E-state index in [-0.39, 0.29) is 11.7 Å². The molecule has 138 valence electrons. The number of ether oxygens (including phenoxy) is 2. The van der Waals surface area contributed by atoms with Crippen molar-refractivity contribution < 1.29 is 14.3 Å². The summed E-state index contributed by atoms with van der Waals surface area (Å²) in [5, 5.41) is 3.69. The van der Waals surface area contributed by atoms with Gasteiger partial charge in [0.25, 0.3) is 0 Å². The van der Waals surface area contributed by atoms with E-state index >= 15 is 0 Å². The molecule has 1 aromatic heterocycles. The zero-order valence-electron chi connectivity index (χ0n) is 14.8. The molecule has 1 N–H and O–H groups in total. The predicted molar refractivity (Wildman–Crippen MR) is 105 cm³/mol. The first-order chi connectivity index (χ1) is 13.2. The molecular weight excluding hydrogens is 362 g/mol. The molecule has 0 fully saturated rings. The van der Waals surface area contributed by atoms with Crippen LogP contribution in [0.1, 0.15) is 0 Å². The molecule has 1 aliphatic heterocycles. The molecule has 1 amide bonds. The highest BCUT2D eigenvalue weighted by atomic mass is 32.2. The van der Waals surface area contributed by atoms with E-state index in [1.807, 2.05) is 60.3 Å². The van der Waals surface area contributed by atoms with Crippen LogP contribution in [-0.4, -0.2) is 34.4 Å². The van der Waals surface area contributed by atoms with Crippen LogP contribution in [0.3, 0.4) is 0 Å². The van der Waals surface area contributed by atoms with Gasteiger partial charge in [0, 0.05) is 18.8 Å². The predicted octanol–water partition coefficient (Wildman–Crippen LogP) is 3.59. The van der Waals surface area contributed by atoms with Gasteiger partial charge in [0.2, 0.25) is 5.91 Å². The third kappa shape index (κ3) is 3.93. The molecule has 2 aromatic carbocycles. The third-order valence-electron chi connectivity index (χ3n) is 4.17. The molecule has 6 nitrogen and oxygen atoms in total. The number of aromatic nitrogens is 2. The SMILES string of the molecule is Cn1c(-c2ccccc2)cnc1SCC(=O)Nc1ccc2c(c1)OCCO2. The van der Waals surface area contributed by atoms with E-state index in [0.717, 1.165) is 16.4 Å². The molecule has 3 aromatic rings. The van der Waals surface area contributed by atoms with Crippen molar-refractivity contribution in [3.63, 3.8) is 0 Å². The monoisotopic (exact) mass is 381 g/mol. The number of hydrogen-bond acceptors (Lipinski definition) is 5. The molecule has 0 saturated carbocycles. The van der Waals surface area contributed by atoms with Gasteiger partial charge < -0.3 is 19.4 Å². The van der Waals surface area contributed by atoms with Gasteiger partial charge in [-0.2, -0.15) is 0 Å². The van der Waals surface area contributed by atoms with Crippen LogP contribution in [0.2, 0.25) is 0 Å². The first kappa shape index (κ1) is 17.5. The van der Waals surface area contributed by atoms with Crippen LogP contribution < -0.4 is 14.8 Å². The average molecular weight is 381 g/mol. The Morgan fingerprint density at radius 3 is 2.74 bits per heavy atom. The van der Waals surface area contributed by atoms with Gasteiger partial charge in [0.05, 0.1) is 17.6 Å². The quantitative estimate of drug-likeness (QED) is 0.684. The van der Waals surface area contributed by atoms with Crippen molar-refractivity contribution in [2.75, 3.05) is 24.3 Å². The lowest BCUT2D eigenvalue weighted by Gasteiger charge is -2.19. The number of nitrogens with zero attached hydrogens (tertiary/aromatic N) is 2. The first-order valence-corrected chi connectivity index (χ1v) is 9.59. The van der Waals surface area contributed by atoms with Gasteiger partial charge in [-0.05, 0) is 17.7 Å². The van der Waals surface area contributed by atoms with Gasteiger partial charge in [-0.1, -0.05) is 42.1 Å². The van der Waals surface area contributed by atoms with Crippen molar-refractivity contribution in [2.24, 2.45) is 7.05 Å². The van der Waals surface area contributed by atoms with Gasteiger partial charge in [-0.15, -0.1) is 0 Å². The van der Waals surface area contributed by atoms with Gasteiger partial charge >= 0.3 is 0 Å². The van der Waals surface area contributed by atoms with Crippen molar-refractivity contribution >= 4 is 23.4 Å². The van der Waals surface area contributed by atoms with Crippen LogP contribution in [0, 0.1) is 0 Å². The minimum Gasteiger partial charge on any atom is -0.486 e. The van der Waals surface area contributed by atoms with Crippen molar-refractivity contribution in [2.45, 2.75) is 5.16 Å². The fraction of sp³-hybridized carbons (Fsp3) is 0.200. The Labute approximate surface area is 161 Å². The summed E-state index contributed by atoms with van der Waals surface area (Å²) in [5.41, 5.74) is 2.81. The van der Waals surface area contributed by atoms with Crippen LogP contribution in [0.5, 0.6) is 11.5 Å². The molecule has 4 rings (SSSR count). The van der Waals surface area contributed by atoms with Gasteiger partial charge in [-0.3, -0.25) is 4.79 Å². The largest absolute Gasteiger partial charge is 0.486 e. The minimum absolute atomic E-state index is 0.0964. The Kier molecular flexibility index (Phi) is 5.02. The average Bonchev–Trinajstić information content (AvgIpc) is 3.07. The molecule has 0 aliphatic carbocycles. The van der Waals surface area contributed by atoms with E-state index in [1.165, 1.54) is 11.8 Å². The number of imidazole rings is 1. The summed E-state index contributed by atoms with van der Waals surface area (Å²) < 4.78 is 13.0. The number of carbonyl (C=O) groups excluding carboxylic acids is 1. The lowest BCUT2D eigenvalue weighted by molar-refractivity contribution is -0.113. The number of hydrogen-bond donors (Lipinski definition) is 1. The molecular formula is C20H19N3O3S. The van der Waals surface area contributed by atoms with Gasteiger partial charge in [-0.25, -0.2) is 4.98 Å². The molecule has 0 atom stereocenters. The summed E-state index contributed by atoms with van der Waals surface area (Å²) in [4.78, 5) is 16.7. The molecule has 0 spiro atoms. The normalized spacial score (nSPS) is 12.6. The van der Waals surface area contributed by atoms with E-state index in [2.05, 4.69) is 10.3 Å². The van der Waals surface area contributed by atoms with Crippen molar-refractivity contribution in [3.8, 4) is 22.8 Å². The summed E-state index contributed by atoms with van der Waals surface area (Å²) >= 11 is 1.40. The lowest BCUT2D eigenvalue weighted by Crippen LogP contribution is -2.17. The molecule has 0 bridgehead atoms. The van der Waals surface area contributed by atoms with E-state index in [0.29, 0.717) is 30.4 Å². The summed E-state index contributed by atoms with van der Waals surface area (Å²) in [6.07, 6.45) is 1.83. The second kappa shape index (κ2) is 7.75. The molecule has 7 heteroatoms. The molecule has 27 heavy (non-hydrogen) atoms. The van der Waals surface area contributed by atoms with Crippen LogP contribution >= 0.6 is 11.8 Å². The minimum atomic E-state index is -0.0964. The number of fused-ring (bicyclic) bond motifs is 1. The van der Waals surface area contributed by atoms with Crippen molar-refractivity contribution in [1.82, 2.24) is 9.55 Å². The molecule has 0 saturated heterocycles. The maximum Gasteiger partial charge on any atom is 0.234 e. The first-order valence-electron chi connectivity index (χ1n) is 8.60.